The fraction of sp³-hybridized carbons (Fsp3) is 0.467. The molecule has 0 bridgehead atoms. The molecule has 0 saturated heterocycles. The van der Waals surface area contributed by atoms with Gasteiger partial charge in [0, 0.05) is 6.54 Å². The van der Waals surface area contributed by atoms with Crippen molar-refractivity contribution in [2.45, 2.75) is 32.6 Å². The molecule has 0 aliphatic carbocycles. The predicted molar refractivity (Wildman–Crippen MR) is 79.7 cm³/mol. The number of unbranched alkanes of at least 4 members (excludes halogenated alkanes) is 2. The Bertz CT molecular complexity index is 306. The van der Waals surface area contributed by atoms with E-state index in [1.165, 1.54) is 36.8 Å². The summed E-state index contributed by atoms with van der Waals surface area (Å²) in [5.74, 6) is 0. The quantitative estimate of drug-likeness (QED) is 0.715. The highest BCUT2D eigenvalue weighted by molar-refractivity contribution is 5.85. The second-order valence-electron chi connectivity index (χ2n) is 4.20. The Morgan fingerprint density at radius 3 is 2.47 bits per heavy atom. The summed E-state index contributed by atoms with van der Waals surface area (Å²) < 4.78 is 0. The Morgan fingerprint density at radius 1 is 1.18 bits per heavy atom. The molecule has 0 radical (unpaired) electrons. The van der Waals surface area contributed by atoms with E-state index >= 15 is 0 Å². The van der Waals surface area contributed by atoms with Gasteiger partial charge in [-0.2, -0.15) is 0 Å². The molecule has 0 aliphatic rings. The number of rotatable bonds is 7. The SMILES string of the molecule is CCCCC/C(=C/c1ccccc1)CNC.Cl. The van der Waals surface area contributed by atoms with Crippen LogP contribution in [0.3, 0.4) is 0 Å². The standard InChI is InChI=1S/C15H23N.ClH/c1-3-4-6-11-15(13-16-2)12-14-9-7-5-8-10-14;/h5,7-10,12,16H,3-4,6,11,13H2,1-2H3;1H/b15-12-;. The summed E-state index contributed by atoms with van der Waals surface area (Å²) >= 11 is 0. The van der Waals surface area contributed by atoms with Crippen molar-refractivity contribution < 1.29 is 0 Å². The van der Waals surface area contributed by atoms with Crippen molar-refractivity contribution in [3.63, 3.8) is 0 Å². The van der Waals surface area contributed by atoms with Gasteiger partial charge in [-0.3, -0.25) is 0 Å². The summed E-state index contributed by atoms with van der Waals surface area (Å²) in [6.45, 7) is 3.25. The summed E-state index contributed by atoms with van der Waals surface area (Å²) in [4.78, 5) is 0. The normalized spacial score (nSPS) is 11.1. The molecule has 0 spiro atoms. The number of benzene rings is 1. The molecule has 2 heteroatoms. The van der Waals surface area contributed by atoms with E-state index in [9.17, 15) is 0 Å². The Balaban J connectivity index is 0.00000256. The first-order valence-corrected chi connectivity index (χ1v) is 6.26. The molecule has 0 atom stereocenters. The zero-order valence-electron chi connectivity index (χ0n) is 10.9. The van der Waals surface area contributed by atoms with Crippen LogP contribution in [0.1, 0.15) is 38.2 Å². The summed E-state index contributed by atoms with van der Waals surface area (Å²) in [7, 11) is 2.01. The molecule has 1 aromatic rings. The average Bonchev–Trinajstić information content (AvgIpc) is 2.31. The van der Waals surface area contributed by atoms with Gasteiger partial charge in [-0.05, 0) is 25.5 Å². The lowest BCUT2D eigenvalue weighted by Gasteiger charge is -2.06. The maximum Gasteiger partial charge on any atom is 0.0164 e. The maximum atomic E-state index is 3.25. The lowest BCUT2D eigenvalue weighted by Crippen LogP contribution is -2.10. The van der Waals surface area contributed by atoms with Gasteiger partial charge in [-0.25, -0.2) is 0 Å². The molecule has 0 aromatic heterocycles. The zero-order chi connectivity index (χ0) is 11.6. The third kappa shape index (κ3) is 7.19. The minimum absolute atomic E-state index is 0. The summed E-state index contributed by atoms with van der Waals surface area (Å²) in [6, 6.07) is 10.6. The summed E-state index contributed by atoms with van der Waals surface area (Å²) in [5.41, 5.74) is 2.81. The van der Waals surface area contributed by atoms with E-state index in [0.717, 1.165) is 6.54 Å². The van der Waals surface area contributed by atoms with E-state index in [0.29, 0.717) is 0 Å². The van der Waals surface area contributed by atoms with Gasteiger partial charge in [-0.1, -0.05) is 61.7 Å². The molecule has 1 aromatic carbocycles. The molecule has 17 heavy (non-hydrogen) atoms. The summed E-state index contributed by atoms with van der Waals surface area (Å²) in [5, 5.41) is 3.25. The molecule has 1 nitrogen and oxygen atoms in total. The molecule has 0 saturated carbocycles. The van der Waals surface area contributed by atoms with Crippen molar-refractivity contribution in [1.82, 2.24) is 5.32 Å². The van der Waals surface area contributed by atoms with E-state index in [1.807, 2.05) is 7.05 Å². The highest BCUT2D eigenvalue weighted by Crippen LogP contribution is 2.13. The molecule has 96 valence electrons. The molecule has 1 N–H and O–H groups in total. The van der Waals surface area contributed by atoms with Gasteiger partial charge >= 0.3 is 0 Å². The Labute approximate surface area is 112 Å². The van der Waals surface area contributed by atoms with Gasteiger partial charge in [0.25, 0.3) is 0 Å². The Kier molecular flexibility index (Phi) is 9.89. The lowest BCUT2D eigenvalue weighted by molar-refractivity contribution is 0.696. The van der Waals surface area contributed by atoms with E-state index in [1.54, 1.807) is 0 Å². The van der Waals surface area contributed by atoms with Gasteiger partial charge in [-0.15, -0.1) is 12.4 Å². The van der Waals surface area contributed by atoms with Crippen LogP contribution in [0, 0.1) is 0 Å². The van der Waals surface area contributed by atoms with Crippen LogP contribution in [0.25, 0.3) is 6.08 Å². The van der Waals surface area contributed by atoms with Crippen molar-refractivity contribution in [3.8, 4) is 0 Å². The maximum absolute atomic E-state index is 3.25. The van der Waals surface area contributed by atoms with Gasteiger partial charge in [0.05, 0.1) is 0 Å². The molecular weight excluding hydrogens is 230 g/mol. The molecule has 0 aliphatic heterocycles. The molecule has 0 amide bonds. The van der Waals surface area contributed by atoms with Crippen LogP contribution in [0.2, 0.25) is 0 Å². The second-order valence-corrected chi connectivity index (χ2v) is 4.20. The third-order valence-electron chi connectivity index (χ3n) is 2.68. The highest BCUT2D eigenvalue weighted by atomic mass is 35.5. The van der Waals surface area contributed by atoms with Crippen molar-refractivity contribution in [2.24, 2.45) is 0 Å². The predicted octanol–water partition coefficient (Wildman–Crippen LogP) is 4.29. The van der Waals surface area contributed by atoms with Crippen molar-refractivity contribution >= 4 is 18.5 Å². The minimum atomic E-state index is 0. The van der Waals surface area contributed by atoms with Crippen LogP contribution in [-0.2, 0) is 0 Å². The van der Waals surface area contributed by atoms with Gasteiger partial charge in [0.15, 0.2) is 0 Å². The molecule has 0 fully saturated rings. The monoisotopic (exact) mass is 253 g/mol. The Morgan fingerprint density at radius 2 is 1.88 bits per heavy atom. The molecule has 0 heterocycles. The highest BCUT2D eigenvalue weighted by Gasteiger charge is 1.97. The number of likely N-dealkylation sites (N-methyl/N-ethyl adjacent to an activating group) is 1. The van der Waals surface area contributed by atoms with E-state index in [-0.39, 0.29) is 12.4 Å². The third-order valence-corrected chi connectivity index (χ3v) is 2.68. The van der Waals surface area contributed by atoms with Crippen LogP contribution < -0.4 is 5.32 Å². The fourth-order valence-electron chi connectivity index (χ4n) is 1.83. The number of nitrogens with one attached hydrogen (secondary N) is 1. The topological polar surface area (TPSA) is 12.0 Å². The van der Waals surface area contributed by atoms with Gasteiger partial charge < -0.3 is 5.32 Å². The molecular formula is C15H24ClN. The van der Waals surface area contributed by atoms with Crippen LogP contribution in [-0.4, -0.2) is 13.6 Å². The lowest BCUT2D eigenvalue weighted by atomic mass is 10.0. The van der Waals surface area contributed by atoms with Crippen molar-refractivity contribution in [1.29, 1.82) is 0 Å². The van der Waals surface area contributed by atoms with E-state index < -0.39 is 0 Å². The first kappa shape index (κ1) is 16.2. The van der Waals surface area contributed by atoms with Crippen LogP contribution in [0.15, 0.2) is 35.9 Å². The molecule has 0 unspecified atom stereocenters. The van der Waals surface area contributed by atoms with Gasteiger partial charge in [0.2, 0.25) is 0 Å². The zero-order valence-corrected chi connectivity index (χ0v) is 11.7. The van der Waals surface area contributed by atoms with Crippen molar-refractivity contribution in [2.75, 3.05) is 13.6 Å². The fourth-order valence-corrected chi connectivity index (χ4v) is 1.83. The molecule has 1 rings (SSSR count). The van der Waals surface area contributed by atoms with Crippen LogP contribution in [0.4, 0.5) is 0 Å². The second kappa shape index (κ2) is 10.4. The van der Waals surface area contributed by atoms with Gasteiger partial charge in [0.1, 0.15) is 0 Å². The van der Waals surface area contributed by atoms with Crippen molar-refractivity contribution in [3.05, 3.63) is 41.5 Å². The van der Waals surface area contributed by atoms with Crippen LogP contribution >= 0.6 is 12.4 Å². The number of halogens is 1. The Hall–Kier alpha value is -0.790. The number of hydrogen-bond donors (Lipinski definition) is 1. The van der Waals surface area contributed by atoms with E-state index in [4.69, 9.17) is 0 Å². The number of hydrogen-bond acceptors (Lipinski definition) is 1. The first-order chi connectivity index (χ1) is 7.86. The van der Waals surface area contributed by atoms with Crippen LogP contribution in [0.5, 0.6) is 0 Å². The average molecular weight is 254 g/mol. The van der Waals surface area contributed by atoms with E-state index in [2.05, 4.69) is 48.6 Å². The summed E-state index contributed by atoms with van der Waals surface area (Å²) in [6.07, 6.45) is 7.45. The smallest absolute Gasteiger partial charge is 0.0164 e. The minimum Gasteiger partial charge on any atom is -0.316 e. The largest absolute Gasteiger partial charge is 0.316 e. The first-order valence-electron chi connectivity index (χ1n) is 6.26.